The van der Waals surface area contributed by atoms with Crippen molar-refractivity contribution >= 4 is 0 Å². The van der Waals surface area contributed by atoms with Crippen LogP contribution >= 0.6 is 0 Å². The van der Waals surface area contributed by atoms with Crippen molar-refractivity contribution in [3.63, 3.8) is 0 Å². The summed E-state index contributed by atoms with van der Waals surface area (Å²) < 4.78 is 12.2. The molecule has 0 amide bonds. The predicted octanol–water partition coefficient (Wildman–Crippen LogP) is 1.10. The van der Waals surface area contributed by atoms with Gasteiger partial charge in [-0.1, -0.05) is 0 Å². The van der Waals surface area contributed by atoms with Gasteiger partial charge in [0, 0.05) is 6.08 Å². The molecule has 0 saturated carbocycles. The second-order valence-electron chi connectivity index (χ2n) is 1.74. The van der Waals surface area contributed by atoms with Gasteiger partial charge in [-0.3, -0.25) is 0 Å². The Labute approximate surface area is 53.4 Å². The van der Waals surface area contributed by atoms with E-state index in [2.05, 4.69) is 6.08 Å². The normalized spacial score (nSPS) is 16.2. The average Bonchev–Trinajstić information content (AvgIpc) is 1.90. The highest BCUT2D eigenvalue weighted by Crippen LogP contribution is 2.08. The minimum atomic E-state index is -0.271. The molecule has 0 spiro atoms. The fourth-order valence-corrected chi connectivity index (χ4v) is 0.565. The standard InChI is InChI=1S/C7H7FN/c8-7-3-1-6(5-9)2-4-7/h1,3-4H,5,9H2/q+1. The molecule has 0 saturated heterocycles. The smallest absolute Gasteiger partial charge is 0.240 e. The van der Waals surface area contributed by atoms with E-state index in [9.17, 15) is 4.39 Å². The molecule has 2 heteroatoms. The molecule has 1 aliphatic rings. The Hall–Kier alpha value is -0.980. The van der Waals surface area contributed by atoms with E-state index in [1.807, 2.05) is 0 Å². The minimum Gasteiger partial charge on any atom is -0.324 e. The van der Waals surface area contributed by atoms with Crippen LogP contribution in [-0.2, 0) is 0 Å². The van der Waals surface area contributed by atoms with E-state index in [0.29, 0.717) is 6.54 Å². The Bertz CT molecular complexity index is 189. The maximum absolute atomic E-state index is 12.2. The number of nitrogens with two attached hydrogens (primary N) is 1. The monoisotopic (exact) mass is 124 g/mol. The first-order valence-corrected chi connectivity index (χ1v) is 2.69. The van der Waals surface area contributed by atoms with Crippen molar-refractivity contribution in [2.75, 3.05) is 6.54 Å². The van der Waals surface area contributed by atoms with Gasteiger partial charge in [-0.2, -0.15) is 0 Å². The Morgan fingerprint density at radius 2 is 2.33 bits per heavy atom. The molecular formula is C7H7FN+. The van der Waals surface area contributed by atoms with Crippen LogP contribution in [0.1, 0.15) is 0 Å². The largest absolute Gasteiger partial charge is 0.324 e. The van der Waals surface area contributed by atoms with Crippen LogP contribution in [0.5, 0.6) is 0 Å². The highest BCUT2D eigenvalue weighted by Gasteiger charge is 2.05. The first-order chi connectivity index (χ1) is 4.33. The maximum Gasteiger partial charge on any atom is 0.240 e. The number of halogens is 1. The van der Waals surface area contributed by atoms with Crippen LogP contribution < -0.4 is 5.73 Å². The van der Waals surface area contributed by atoms with Crippen molar-refractivity contribution < 1.29 is 4.39 Å². The van der Waals surface area contributed by atoms with E-state index in [1.165, 1.54) is 12.2 Å². The van der Waals surface area contributed by atoms with Crippen LogP contribution in [0.15, 0.2) is 29.6 Å². The predicted molar refractivity (Wildman–Crippen MR) is 34.1 cm³/mol. The average molecular weight is 124 g/mol. The molecule has 0 aromatic heterocycles. The third kappa shape index (κ3) is 1.46. The summed E-state index contributed by atoms with van der Waals surface area (Å²) in [4.78, 5) is 0. The third-order valence-electron chi connectivity index (χ3n) is 1.06. The molecule has 2 N–H and O–H groups in total. The van der Waals surface area contributed by atoms with Crippen molar-refractivity contribution in [1.29, 1.82) is 0 Å². The quantitative estimate of drug-likeness (QED) is 0.520. The van der Waals surface area contributed by atoms with Crippen molar-refractivity contribution in [2.24, 2.45) is 5.73 Å². The number of rotatable bonds is 1. The molecule has 0 heterocycles. The molecule has 1 rings (SSSR count). The van der Waals surface area contributed by atoms with Crippen LogP contribution in [0.25, 0.3) is 0 Å². The molecule has 1 nitrogen and oxygen atoms in total. The third-order valence-corrected chi connectivity index (χ3v) is 1.06. The van der Waals surface area contributed by atoms with Gasteiger partial charge in [-0.25, -0.2) is 0 Å². The summed E-state index contributed by atoms with van der Waals surface area (Å²) in [5.74, 6) is -0.271. The molecule has 0 aliphatic heterocycles. The van der Waals surface area contributed by atoms with Gasteiger partial charge >= 0.3 is 0 Å². The SMILES string of the molecule is NCC1=[C+]C=C(F)C=C1. The first-order valence-electron chi connectivity index (χ1n) is 2.69. The van der Waals surface area contributed by atoms with Gasteiger partial charge < -0.3 is 5.73 Å². The Morgan fingerprint density at radius 3 is 2.78 bits per heavy atom. The number of allylic oxidation sites excluding steroid dienone is 4. The van der Waals surface area contributed by atoms with Gasteiger partial charge in [0.15, 0.2) is 0 Å². The molecule has 0 unspecified atom stereocenters. The van der Waals surface area contributed by atoms with Crippen molar-refractivity contribution in [1.82, 2.24) is 0 Å². The summed E-state index contributed by atoms with van der Waals surface area (Å²) >= 11 is 0. The number of hydrogen-bond donors (Lipinski definition) is 1. The fraction of sp³-hybridized carbons (Fsp3) is 0.143. The molecule has 1 aliphatic carbocycles. The minimum absolute atomic E-state index is 0.271. The zero-order valence-corrected chi connectivity index (χ0v) is 4.89. The van der Waals surface area contributed by atoms with Gasteiger partial charge in [0.25, 0.3) is 0 Å². The molecule has 0 fully saturated rings. The summed E-state index contributed by atoms with van der Waals surface area (Å²) in [6, 6.07) is 0. The van der Waals surface area contributed by atoms with Crippen LogP contribution in [0.3, 0.4) is 0 Å². The van der Waals surface area contributed by atoms with Gasteiger partial charge in [0.2, 0.25) is 5.83 Å². The topological polar surface area (TPSA) is 26.0 Å². The van der Waals surface area contributed by atoms with E-state index in [0.717, 1.165) is 5.57 Å². The Kier molecular flexibility index (Phi) is 1.73. The van der Waals surface area contributed by atoms with Gasteiger partial charge in [-0.15, -0.1) is 4.39 Å². The highest BCUT2D eigenvalue weighted by atomic mass is 19.1. The van der Waals surface area contributed by atoms with Crippen molar-refractivity contribution in [2.45, 2.75) is 0 Å². The van der Waals surface area contributed by atoms with Crippen LogP contribution in [0.2, 0.25) is 0 Å². The van der Waals surface area contributed by atoms with Crippen molar-refractivity contribution in [3.8, 4) is 0 Å². The molecule has 0 aromatic rings. The molecular weight excluding hydrogens is 117 g/mol. The molecule has 0 radical (unpaired) electrons. The zero-order valence-electron chi connectivity index (χ0n) is 4.89. The summed E-state index contributed by atoms with van der Waals surface area (Å²) in [6.07, 6.45) is 6.96. The summed E-state index contributed by atoms with van der Waals surface area (Å²) in [5.41, 5.74) is 6.08. The van der Waals surface area contributed by atoms with Gasteiger partial charge in [0.1, 0.15) is 11.6 Å². The van der Waals surface area contributed by atoms with E-state index in [-0.39, 0.29) is 5.83 Å². The van der Waals surface area contributed by atoms with E-state index >= 15 is 0 Å². The molecule has 0 bridgehead atoms. The van der Waals surface area contributed by atoms with E-state index < -0.39 is 0 Å². The first kappa shape index (κ1) is 6.14. The molecule has 46 valence electrons. The van der Waals surface area contributed by atoms with Crippen LogP contribution in [0, 0.1) is 6.08 Å². The Morgan fingerprint density at radius 1 is 1.56 bits per heavy atom. The molecule has 0 atom stereocenters. The highest BCUT2D eigenvalue weighted by molar-refractivity contribution is 5.32. The van der Waals surface area contributed by atoms with Crippen LogP contribution in [0.4, 0.5) is 4.39 Å². The lowest BCUT2D eigenvalue weighted by atomic mass is 10.1. The zero-order chi connectivity index (χ0) is 6.69. The van der Waals surface area contributed by atoms with Gasteiger partial charge in [-0.05, 0) is 0 Å². The van der Waals surface area contributed by atoms with Crippen molar-refractivity contribution in [3.05, 3.63) is 35.7 Å². The van der Waals surface area contributed by atoms with E-state index in [1.54, 1.807) is 6.08 Å². The van der Waals surface area contributed by atoms with Gasteiger partial charge in [0.05, 0.1) is 18.7 Å². The van der Waals surface area contributed by atoms with E-state index in [4.69, 9.17) is 5.73 Å². The molecule has 9 heavy (non-hydrogen) atoms. The summed E-state index contributed by atoms with van der Waals surface area (Å²) in [5, 5.41) is 0. The number of hydrogen-bond acceptors (Lipinski definition) is 1. The second-order valence-corrected chi connectivity index (χ2v) is 1.74. The summed E-state index contributed by atoms with van der Waals surface area (Å²) in [7, 11) is 0. The Balaban J connectivity index is 2.75. The summed E-state index contributed by atoms with van der Waals surface area (Å²) in [6.45, 7) is 0.417. The second kappa shape index (κ2) is 2.53. The molecule has 0 aromatic carbocycles. The fourth-order valence-electron chi connectivity index (χ4n) is 0.565. The van der Waals surface area contributed by atoms with Crippen LogP contribution in [-0.4, -0.2) is 6.54 Å². The lowest BCUT2D eigenvalue weighted by Crippen LogP contribution is -2.01. The lowest BCUT2D eigenvalue weighted by molar-refractivity contribution is 0.665. The maximum atomic E-state index is 12.2. The lowest BCUT2D eigenvalue weighted by Gasteiger charge is -1.87.